The zero-order valence-corrected chi connectivity index (χ0v) is 25.3. The summed E-state index contributed by atoms with van der Waals surface area (Å²) in [6.45, 7) is 0. The fourth-order valence-corrected chi connectivity index (χ4v) is 6.47. The lowest BCUT2D eigenvalue weighted by atomic mass is 9.96. The number of pyridine rings is 1. The van der Waals surface area contributed by atoms with Crippen LogP contribution < -0.4 is 0 Å². The van der Waals surface area contributed by atoms with E-state index < -0.39 is 0 Å². The number of hydrogen-bond acceptors (Lipinski definition) is 4. The summed E-state index contributed by atoms with van der Waals surface area (Å²) in [5, 5.41) is 3.06. The van der Waals surface area contributed by atoms with Crippen molar-refractivity contribution in [3.8, 4) is 56.3 Å². The lowest BCUT2D eigenvalue weighted by Gasteiger charge is -2.12. The van der Waals surface area contributed by atoms with Gasteiger partial charge in [0, 0.05) is 27.6 Å². The molecule has 3 heterocycles. The Kier molecular flexibility index (Phi) is 6.43. The van der Waals surface area contributed by atoms with Crippen LogP contribution in [0, 0.1) is 0 Å². The molecule has 0 N–H and O–H groups in total. The number of para-hydroxylation sites is 1. The summed E-state index contributed by atoms with van der Waals surface area (Å²) in [5.74, 6) is 0.688. The van der Waals surface area contributed by atoms with Crippen molar-refractivity contribution in [2.24, 2.45) is 0 Å². The van der Waals surface area contributed by atoms with Crippen LogP contribution in [0.5, 0.6) is 0 Å². The highest BCUT2D eigenvalue weighted by Gasteiger charge is 2.21. The average Bonchev–Trinajstić information content (AvgIpc) is 3.55. The molecule has 0 radical (unpaired) electrons. The van der Waals surface area contributed by atoms with Crippen LogP contribution in [0.15, 0.2) is 168 Å². The number of fused-ring (bicyclic) bond motifs is 5. The van der Waals surface area contributed by atoms with Crippen molar-refractivity contribution in [1.29, 1.82) is 0 Å². The van der Waals surface area contributed by atoms with Gasteiger partial charge in [0.05, 0.1) is 33.4 Å². The van der Waals surface area contributed by atoms with Crippen LogP contribution in [-0.4, -0.2) is 15.0 Å². The van der Waals surface area contributed by atoms with Gasteiger partial charge in [-0.2, -0.15) is 0 Å². The summed E-state index contributed by atoms with van der Waals surface area (Å²) in [4.78, 5) is 15.4. The Bertz CT molecular complexity index is 2500. The maximum absolute atomic E-state index is 6.67. The summed E-state index contributed by atoms with van der Waals surface area (Å²) in [7, 11) is 0. The van der Waals surface area contributed by atoms with E-state index in [4.69, 9.17) is 19.4 Å². The normalized spacial score (nSPS) is 11.4. The third-order valence-corrected chi connectivity index (χ3v) is 8.68. The highest BCUT2D eigenvalue weighted by molar-refractivity contribution is 6.22. The first-order valence-electron chi connectivity index (χ1n) is 15.7. The Morgan fingerprint density at radius 2 is 1.00 bits per heavy atom. The van der Waals surface area contributed by atoms with Crippen LogP contribution in [0.3, 0.4) is 0 Å². The van der Waals surface area contributed by atoms with E-state index in [0.29, 0.717) is 5.82 Å². The second-order valence-electron chi connectivity index (χ2n) is 11.6. The van der Waals surface area contributed by atoms with Crippen LogP contribution in [0.1, 0.15) is 0 Å². The maximum atomic E-state index is 6.67. The van der Waals surface area contributed by atoms with Gasteiger partial charge in [-0.15, -0.1) is 0 Å². The number of aromatic nitrogens is 3. The van der Waals surface area contributed by atoms with E-state index in [1.54, 1.807) is 0 Å². The van der Waals surface area contributed by atoms with Crippen LogP contribution in [0.4, 0.5) is 0 Å². The van der Waals surface area contributed by atoms with Gasteiger partial charge in [-0.25, -0.2) is 15.0 Å². The summed E-state index contributed by atoms with van der Waals surface area (Å²) in [5.41, 5.74) is 11.4. The zero-order valence-electron chi connectivity index (χ0n) is 25.3. The van der Waals surface area contributed by atoms with Gasteiger partial charge in [0.1, 0.15) is 11.2 Å². The van der Waals surface area contributed by atoms with E-state index in [-0.39, 0.29) is 0 Å². The standard InChI is InChI=1S/C43H27N3O/c1-4-14-28(15-5-1)33-23-13-24-35-39(33)42-40(34-22-10-11-25-38(34)47-42)41(44-35)32-21-12-20-31(26-32)37-27-36(29-16-6-2-7-17-29)45-43(46-37)30-18-8-3-9-19-30/h1-27H. The molecule has 0 atom stereocenters. The van der Waals surface area contributed by atoms with Crippen LogP contribution in [0.2, 0.25) is 0 Å². The lowest BCUT2D eigenvalue weighted by Crippen LogP contribution is -1.96. The van der Waals surface area contributed by atoms with Gasteiger partial charge in [-0.3, -0.25) is 0 Å². The molecule has 3 aromatic heterocycles. The van der Waals surface area contributed by atoms with Crippen molar-refractivity contribution in [1.82, 2.24) is 15.0 Å². The summed E-state index contributed by atoms with van der Waals surface area (Å²) < 4.78 is 6.67. The monoisotopic (exact) mass is 601 g/mol. The van der Waals surface area contributed by atoms with Gasteiger partial charge in [-0.1, -0.05) is 140 Å². The van der Waals surface area contributed by atoms with E-state index in [2.05, 4.69) is 97.1 Å². The molecule has 4 heteroatoms. The Labute approximate surface area is 271 Å². The SMILES string of the molecule is c1ccc(-c2cc(-c3cccc(-c4nc5cccc(-c6ccccc6)c5c5oc6ccccc6c45)c3)nc(-c3ccccc3)n2)cc1. The first-order chi connectivity index (χ1) is 23.3. The predicted molar refractivity (Wildman–Crippen MR) is 192 cm³/mol. The van der Waals surface area contributed by atoms with Gasteiger partial charge in [0.2, 0.25) is 0 Å². The first kappa shape index (κ1) is 27.0. The quantitative estimate of drug-likeness (QED) is 0.197. The molecular formula is C43H27N3O. The minimum absolute atomic E-state index is 0.688. The molecule has 47 heavy (non-hydrogen) atoms. The van der Waals surface area contributed by atoms with E-state index in [1.807, 2.05) is 66.7 Å². The summed E-state index contributed by atoms with van der Waals surface area (Å²) in [6, 6.07) is 55.9. The number of nitrogens with zero attached hydrogens (tertiary/aromatic N) is 3. The van der Waals surface area contributed by atoms with Crippen molar-refractivity contribution < 1.29 is 4.42 Å². The van der Waals surface area contributed by atoms with E-state index in [9.17, 15) is 0 Å². The average molecular weight is 602 g/mol. The van der Waals surface area contributed by atoms with Gasteiger partial charge < -0.3 is 4.42 Å². The molecule has 0 fully saturated rings. The third-order valence-electron chi connectivity index (χ3n) is 8.68. The van der Waals surface area contributed by atoms with Crippen molar-refractivity contribution in [2.75, 3.05) is 0 Å². The number of furan rings is 1. The second-order valence-corrected chi connectivity index (χ2v) is 11.6. The van der Waals surface area contributed by atoms with Crippen molar-refractivity contribution in [3.05, 3.63) is 164 Å². The third kappa shape index (κ3) is 4.75. The van der Waals surface area contributed by atoms with Crippen molar-refractivity contribution in [2.45, 2.75) is 0 Å². The van der Waals surface area contributed by atoms with Gasteiger partial charge in [0.15, 0.2) is 5.82 Å². The predicted octanol–water partition coefficient (Wildman–Crippen LogP) is 11.3. The first-order valence-corrected chi connectivity index (χ1v) is 15.7. The molecule has 0 aliphatic carbocycles. The fraction of sp³-hybridized carbons (Fsp3) is 0. The van der Waals surface area contributed by atoms with Crippen molar-refractivity contribution in [3.63, 3.8) is 0 Å². The molecule has 9 aromatic rings. The number of benzene rings is 6. The van der Waals surface area contributed by atoms with Crippen LogP contribution in [-0.2, 0) is 0 Å². The zero-order chi connectivity index (χ0) is 31.2. The molecule has 0 aliphatic heterocycles. The van der Waals surface area contributed by atoms with E-state index in [0.717, 1.165) is 83.3 Å². The Morgan fingerprint density at radius 3 is 1.77 bits per heavy atom. The topological polar surface area (TPSA) is 51.8 Å². The van der Waals surface area contributed by atoms with Crippen molar-refractivity contribution >= 4 is 32.8 Å². The molecule has 0 saturated heterocycles. The lowest BCUT2D eigenvalue weighted by molar-refractivity contribution is 0.672. The molecule has 4 nitrogen and oxygen atoms in total. The minimum atomic E-state index is 0.688. The highest BCUT2D eigenvalue weighted by Crippen LogP contribution is 2.43. The van der Waals surface area contributed by atoms with Gasteiger partial charge >= 0.3 is 0 Å². The number of hydrogen-bond donors (Lipinski definition) is 0. The van der Waals surface area contributed by atoms with E-state index >= 15 is 0 Å². The molecular weight excluding hydrogens is 574 g/mol. The van der Waals surface area contributed by atoms with Crippen LogP contribution in [0.25, 0.3) is 89.1 Å². The molecule has 0 aliphatic rings. The molecule has 0 unspecified atom stereocenters. The fourth-order valence-electron chi connectivity index (χ4n) is 6.47. The molecule has 0 amide bonds. The molecule has 0 saturated carbocycles. The summed E-state index contributed by atoms with van der Waals surface area (Å²) in [6.07, 6.45) is 0. The number of rotatable bonds is 5. The maximum Gasteiger partial charge on any atom is 0.160 e. The molecule has 6 aromatic carbocycles. The minimum Gasteiger partial charge on any atom is -0.455 e. The second kappa shape index (κ2) is 11.2. The highest BCUT2D eigenvalue weighted by atomic mass is 16.3. The Balaban J connectivity index is 1.28. The molecule has 9 rings (SSSR count). The van der Waals surface area contributed by atoms with E-state index in [1.165, 1.54) is 0 Å². The molecule has 0 spiro atoms. The Morgan fingerprint density at radius 1 is 0.404 bits per heavy atom. The smallest absolute Gasteiger partial charge is 0.160 e. The Hall–Kier alpha value is -6.39. The van der Waals surface area contributed by atoms with Gasteiger partial charge in [0.25, 0.3) is 0 Å². The van der Waals surface area contributed by atoms with Gasteiger partial charge in [-0.05, 0) is 35.4 Å². The molecule has 220 valence electrons. The van der Waals surface area contributed by atoms with Crippen LogP contribution >= 0.6 is 0 Å². The largest absolute Gasteiger partial charge is 0.455 e. The molecule has 0 bridgehead atoms. The summed E-state index contributed by atoms with van der Waals surface area (Å²) >= 11 is 0.